The van der Waals surface area contributed by atoms with Crippen LogP contribution in [0.5, 0.6) is 0 Å². The molecular weight excluding hydrogens is 222 g/mol. The molecule has 98 valence electrons. The number of aliphatic hydroxyl groups excluding tert-OH is 1. The molecule has 2 rings (SSSR count). The summed E-state index contributed by atoms with van der Waals surface area (Å²) in [6.07, 6.45) is 2.84. The smallest absolute Gasteiger partial charge is 0.157 e. The molecule has 0 aliphatic heterocycles. The summed E-state index contributed by atoms with van der Waals surface area (Å²) in [6.45, 7) is 3.79. The second kappa shape index (κ2) is 5.47. The minimum absolute atomic E-state index is 0.181. The summed E-state index contributed by atoms with van der Waals surface area (Å²) in [5, 5.41) is 9.32. The Kier molecular flexibility index (Phi) is 4.18. The first-order valence-electron chi connectivity index (χ1n) is 6.72. The van der Waals surface area contributed by atoms with Crippen molar-refractivity contribution >= 4 is 0 Å². The summed E-state index contributed by atoms with van der Waals surface area (Å²) in [4.78, 5) is 0. The van der Waals surface area contributed by atoms with E-state index in [-0.39, 0.29) is 5.92 Å². The standard InChI is InChI=1S/C14H22F2O/c1-2-9-3-5-10(6-4-9)11-7-8-12(17)14(16)13(11)15/h2,9-14,17H,1,3-8H2. The van der Waals surface area contributed by atoms with E-state index in [9.17, 15) is 13.9 Å². The minimum Gasteiger partial charge on any atom is -0.390 e. The molecule has 2 fully saturated rings. The van der Waals surface area contributed by atoms with Gasteiger partial charge >= 0.3 is 0 Å². The van der Waals surface area contributed by atoms with E-state index in [0.29, 0.717) is 24.7 Å². The maximum absolute atomic E-state index is 13.9. The van der Waals surface area contributed by atoms with Gasteiger partial charge in [0.2, 0.25) is 0 Å². The molecule has 0 heterocycles. The number of halogens is 2. The number of allylic oxidation sites excluding steroid dienone is 1. The van der Waals surface area contributed by atoms with Gasteiger partial charge in [-0.15, -0.1) is 6.58 Å². The van der Waals surface area contributed by atoms with Crippen molar-refractivity contribution in [3.05, 3.63) is 12.7 Å². The highest BCUT2D eigenvalue weighted by Gasteiger charge is 2.43. The molecule has 2 aliphatic carbocycles. The highest BCUT2D eigenvalue weighted by molar-refractivity contribution is 4.93. The van der Waals surface area contributed by atoms with Gasteiger partial charge < -0.3 is 5.11 Å². The summed E-state index contributed by atoms with van der Waals surface area (Å²) < 4.78 is 27.4. The van der Waals surface area contributed by atoms with E-state index in [2.05, 4.69) is 6.58 Å². The molecular formula is C14H22F2O. The molecule has 0 bridgehead atoms. The zero-order valence-electron chi connectivity index (χ0n) is 10.2. The highest BCUT2D eigenvalue weighted by Crippen LogP contribution is 2.42. The third-order valence-electron chi connectivity index (χ3n) is 4.63. The zero-order valence-corrected chi connectivity index (χ0v) is 10.2. The first kappa shape index (κ1) is 13.0. The zero-order chi connectivity index (χ0) is 12.4. The largest absolute Gasteiger partial charge is 0.390 e. The Balaban J connectivity index is 1.92. The molecule has 0 saturated heterocycles. The maximum Gasteiger partial charge on any atom is 0.157 e. The number of aliphatic hydroxyl groups is 1. The van der Waals surface area contributed by atoms with Gasteiger partial charge in [-0.1, -0.05) is 6.08 Å². The van der Waals surface area contributed by atoms with Crippen molar-refractivity contribution in [2.75, 3.05) is 0 Å². The molecule has 0 radical (unpaired) electrons. The van der Waals surface area contributed by atoms with Gasteiger partial charge in [0.1, 0.15) is 6.17 Å². The van der Waals surface area contributed by atoms with Crippen LogP contribution in [0.1, 0.15) is 38.5 Å². The Hall–Kier alpha value is -0.440. The van der Waals surface area contributed by atoms with Crippen LogP contribution in [-0.2, 0) is 0 Å². The van der Waals surface area contributed by atoms with E-state index >= 15 is 0 Å². The maximum atomic E-state index is 13.9. The van der Waals surface area contributed by atoms with Gasteiger partial charge in [-0.3, -0.25) is 0 Å². The van der Waals surface area contributed by atoms with Crippen molar-refractivity contribution in [1.29, 1.82) is 0 Å². The molecule has 4 atom stereocenters. The fraction of sp³-hybridized carbons (Fsp3) is 0.857. The second-order valence-electron chi connectivity index (χ2n) is 5.61. The minimum atomic E-state index is -1.68. The summed E-state index contributed by atoms with van der Waals surface area (Å²) >= 11 is 0. The number of alkyl halides is 2. The normalized spacial score (nSPS) is 47.7. The lowest BCUT2D eigenvalue weighted by Gasteiger charge is -2.39. The Morgan fingerprint density at radius 1 is 0.941 bits per heavy atom. The van der Waals surface area contributed by atoms with Crippen LogP contribution in [0, 0.1) is 17.8 Å². The summed E-state index contributed by atoms with van der Waals surface area (Å²) in [7, 11) is 0. The van der Waals surface area contributed by atoms with Crippen molar-refractivity contribution in [3.8, 4) is 0 Å². The van der Waals surface area contributed by atoms with Crippen LogP contribution in [0.25, 0.3) is 0 Å². The van der Waals surface area contributed by atoms with E-state index in [1.54, 1.807) is 0 Å². The van der Waals surface area contributed by atoms with Gasteiger partial charge in [-0.05, 0) is 56.3 Å². The van der Waals surface area contributed by atoms with Crippen molar-refractivity contribution < 1.29 is 13.9 Å². The van der Waals surface area contributed by atoms with Gasteiger partial charge in [-0.25, -0.2) is 8.78 Å². The molecule has 17 heavy (non-hydrogen) atoms. The summed E-state index contributed by atoms with van der Waals surface area (Å²) in [5.41, 5.74) is 0. The van der Waals surface area contributed by atoms with E-state index in [1.807, 2.05) is 6.08 Å². The Morgan fingerprint density at radius 2 is 1.59 bits per heavy atom. The third-order valence-corrected chi connectivity index (χ3v) is 4.63. The lowest BCUT2D eigenvalue weighted by Crippen LogP contribution is -2.44. The fourth-order valence-corrected chi connectivity index (χ4v) is 3.43. The van der Waals surface area contributed by atoms with Crippen LogP contribution in [0.4, 0.5) is 8.78 Å². The Bertz CT molecular complexity index is 261. The number of hydrogen-bond acceptors (Lipinski definition) is 1. The van der Waals surface area contributed by atoms with E-state index in [0.717, 1.165) is 25.7 Å². The van der Waals surface area contributed by atoms with Crippen LogP contribution >= 0.6 is 0 Å². The molecule has 0 amide bonds. The number of rotatable bonds is 2. The van der Waals surface area contributed by atoms with Crippen molar-refractivity contribution in [2.24, 2.45) is 17.8 Å². The molecule has 0 aromatic carbocycles. The topological polar surface area (TPSA) is 20.2 Å². The first-order valence-corrected chi connectivity index (χ1v) is 6.72. The SMILES string of the molecule is C=CC1CCC(C2CCC(O)C(F)C2F)CC1. The van der Waals surface area contributed by atoms with Crippen molar-refractivity contribution in [3.63, 3.8) is 0 Å². The van der Waals surface area contributed by atoms with Gasteiger partial charge in [0, 0.05) is 0 Å². The van der Waals surface area contributed by atoms with Crippen LogP contribution in [0.3, 0.4) is 0 Å². The summed E-state index contributed by atoms with van der Waals surface area (Å²) in [6, 6.07) is 0. The molecule has 0 aromatic heterocycles. The van der Waals surface area contributed by atoms with Crippen LogP contribution < -0.4 is 0 Å². The van der Waals surface area contributed by atoms with Crippen LogP contribution in [0.15, 0.2) is 12.7 Å². The predicted molar refractivity (Wildman–Crippen MR) is 64.2 cm³/mol. The lowest BCUT2D eigenvalue weighted by molar-refractivity contribution is -0.0540. The van der Waals surface area contributed by atoms with Gasteiger partial charge in [-0.2, -0.15) is 0 Å². The molecule has 2 saturated carbocycles. The average Bonchev–Trinajstić information content (AvgIpc) is 2.36. The molecule has 1 nitrogen and oxygen atoms in total. The molecule has 1 N–H and O–H groups in total. The van der Waals surface area contributed by atoms with E-state index in [4.69, 9.17) is 0 Å². The van der Waals surface area contributed by atoms with E-state index in [1.165, 1.54) is 0 Å². The Labute approximate surface area is 102 Å². The fourth-order valence-electron chi connectivity index (χ4n) is 3.43. The van der Waals surface area contributed by atoms with Gasteiger partial charge in [0.25, 0.3) is 0 Å². The van der Waals surface area contributed by atoms with Crippen LogP contribution in [0.2, 0.25) is 0 Å². The lowest BCUT2D eigenvalue weighted by atomic mass is 9.69. The van der Waals surface area contributed by atoms with Crippen LogP contribution in [-0.4, -0.2) is 23.6 Å². The van der Waals surface area contributed by atoms with E-state index < -0.39 is 18.4 Å². The monoisotopic (exact) mass is 244 g/mol. The predicted octanol–water partition coefficient (Wildman–Crippen LogP) is 3.43. The number of hydrogen-bond donors (Lipinski definition) is 1. The average molecular weight is 244 g/mol. The molecule has 0 aromatic rings. The molecule has 4 unspecified atom stereocenters. The van der Waals surface area contributed by atoms with Gasteiger partial charge in [0.15, 0.2) is 6.17 Å². The molecule has 0 spiro atoms. The molecule has 2 aliphatic rings. The van der Waals surface area contributed by atoms with Crippen molar-refractivity contribution in [1.82, 2.24) is 0 Å². The van der Waals surface area contributed by atoms with Gasteiger partial charge in [0.05, 0.1) is 6.10 Å². The quantitative estimate of drug-likeness (QED) is 0.738. The Morgan fingerprint density at radius 3 is 2.18 bits per heavy atom. The van der Waals surface area contributed by atoms with Crippen molar-refractivity contribution in [2.45, 2.75) is 57.0 Å². The molecule has 3 heteroatoms. The summed E-state index contributed by atoms with van der Waals surface area (Å²) in [5.74, 6) is 0.672. The highest BCUT2D eigenvalue weighted by atomic mass is 19.2. The second-order valence-corrected chi connectivity index (χ2v) is 5.61. The third kappa shape index (κ3) is 2.70. The first-order chi connectivity index (χ1) is 8.13.